The number of rotatable bonds is 6. The lowest BCUT2D eigenvalue weighted by atomic mass is 10.2. The Morgan fingerprint density at radius 1 is 1.53 bits per heavy atom. The fourth-order valence-electron chi connectivity index (χ4n) is 1.34. The molecule has 1 N–H and O–H groups in total. The van der Waals surface area contributed by atoms with Crippen molar-refractivity contribution >= 4 is 21.6 Å². The zero-order valence-corrected chi connectivity index (χ0v) is 11.4. The summed E-state index contributed by atoms with van der Waals surface area (Å²) in [5.41, 5.74) is 0.963. The van der Waals surface area contributed by atoms with Crippen molar-refractivity contribution in [2.24, 2.45) is 0 Å². The quantitative estimate of drug-likeness (QED) is 0.648. The monoisotopic (exact) mass is 302 g/mol. The fourth-order valence-corrected chi connectivity index (χ4v) is 1.87. The van der Waals surface area contributed by atoms with E-state index in [1.807, 2.05) is 13.0 Å². The minimum absolute atomic E-state index is 0.0935. The normalized spacial score (nSPS) is 12.4. The first-order chi connectivity index (χ1) is 8.02. The van der Waals surface area contributed by atoms with Crippen LogP contribution in [0.3, 0.4) is 0 Å². The molecule has 0 heterocycles. The van der Waals surface area contributed by atoms with Crippen LogP contribution in [0.2, 0.25) is 0 Å². The highest BCUT2D eigenvalue weighted by Crippen LogP contribution is 2.21. The van der Waals surface area contributed by atoms with Crippen LogP contribution in [-0.4, -0.2) is 24.7 Å². The molecule has 1 unspecified atom stereocenters. The number of hydrogen-bond donors (Lipinski definition) is 1. The number of ether oxygens (including phenoxy) is 1. The SMILES string of the molecule is COC(C)CNCc1cc(Br)cc([N+](=O)[O-])c1. The van der Waals surface area contributed by atoms with Crippen molar-refractivity contribution in [1.82, 2.24) is 5.32 Å². The number of benzene rings is 1. The number of nitro groups is 1. The Morgan fingerprint density at radius 2 is 2.24 bits per heavy atom. The van der Waals surface area contributed by atoms with Crippen molar-refractivity contribution in [2.45, 2.75) is 19.6 Å². The Bertz CT molecular complexity index is 398. The molecule has 0 aliphatic rings. The number of nitrogens with one attached hydrogen (secondary N) is 1. The standard InChI is InChI=1S/C11H15BrN2O3/c1-8(17-2)6-13-7-9-3-10(12)5-11(4-9)14(15)16/h3-5,8,13H,6-7H2,1-2H3. The van der Waals surface area contributed by atoms with Gasteiger partial charge >= 0.3 is 0 Å². The van der Waals surface area contributed by atoms with E-state index >= 15 is 0 Å². The van der Waals surface area contributed by atoms with Gasteiger partial charge in [0.05, 0.1) is 11.0 Å². The average Bonchev–Trinajstić information content (AvgIpc) is 2.28. The van der Waals surface area contributed by atoms with Gasteiger partial charge in [-0.05, 0) is 18.6 Å². The maximum Gasteiger partial charge on any atom is 0.270 e. The molecule has 0 saturated carbocycles. The average molecular weight is 303 g/mol. The van der Waals surface area contributed by atoms with Gasteiger partial charge in [-0.2, -0.15) is 0 Å². The predicted octanol–water partition coefficient (Wildman–Crippen LogP) is 2.48. The van der Waals surface area contributed by atoms with E-state index in [1.54, 1.807) is 13.2 Å². The van der Waals surface area contributed by atoms with Gasteiger partial charge in [-0.25, -0.2) is 0 Å². The van der Waals surface area contributed by atoms with Gasteiger partial charge in [0.15, 0.2) is 0 Å². The molecule has 1 aromatic rings. The molecule has 0 saturated heterocycles. The van der Waals surface area contributed by atoms with Gasteiger partial charge in [0.25, 0.3) is 5.69 Å². The minimum Gasteiger partial charge on any atom is -0.380 e. The summed E-state index contributed by atoms with van der Waals surface area (Å²) < 4.78 is 5.81. The lowest BCUT2D eigenvalue weighted by Gasteiger charge is -2.10. The van der Waals surface area contributed by atoms with Crippen molar-refractivity contribution in [1.29, 1.82) is 0 Å². The van der Waals surface area contributed by atoms with Crippen LogP contribution in [0.5, 0.6) is 0 Å². The van der Waals surface area contributed by atoms with Crippen LogP contribution in [0.1, 0.15) is 12.5 Å². The molecule has 0 spiro atoms. The van der Waals surface area contributed by atoms with E-state index in [4.69, 9.17) is 4.74 Å². The van der Waals surface area contributed by atoms with Gasteiger partial charge in [0.1, 0.15) is 0 Å². The number of halogens is 1. The molecule has 0 aliphatic heterocycles. The van der Waals surface area contributed by atoms with Crippen LogP contribution >= 0.6 is 15.9 Å². The third-order valence-corrected chi connectivity index (χ3v) is 2.77. The molecule has 0 amide bonds. The zero-order chi connectivity index (χ0) is 12.8. The second-order valence-corrected chi connectivity index (χ2v) is 4.67. The number of nitrogens with zero attached hydrogens (tertiary/aromatic N) is 1. The van der Waals surface area contributed by atoms with E-state index in [0.29, 0.717) is 17.6 Å². The molecule has 0 aromatic heterocycles. The summed E-state index contributed by atoms with van der Waals surface area (Å²) in [4.78, 5) is 10.3. The lowest BCUT2D eigenvalue weighted by molar-refractivity contribution is -0.385. The highest BCUT2D eigenvalue weighted by Gasteiger charge is 2.08. The van der Waals surface area contributed by atoms with E-state index in [2.05, 4.69) is 21.2 Å². The van der Waals surface area contributed by atoms with Gasteiger partial charge in [-0.3, -0.25) is 10.1 Å². The molecule has 0 fully saturated rings. The highest BCUT2D eigenvalue weighted by atomic mass is 79.9. The largest absolute Gasteiger partial charge is 0.380 e. The Balaban J connectivity index is 2.62. The molecule has 6 heteroatoms. The molecule has 5 nitrogen and oxygen atoms in total. The van der Waals surface area contributed by atoms with E-state index in [9.17, 15) is 10.1 Å². The van der Waals surface area contributed by atoms with Crippen LogP contribution in [0, 0.1) is 10.1 Å². The molecule has 1 atom stereocenters. The first kappa shape index (κ1) is 14.1. The minimum atomic E-state index is -0.397. The van der Waals surface area contributed by atoms with Crippen LogP contribution < -0.4 is 5.32 Å². The van der Waals surface area contributed by atoms with E-state index in [0.717, 1.165) is 5.56 Å². The first-order valence-corrected chi connectivity index (χ1v) is 5.99. The third-order valence-electron chi connectivity index (χ3n) is 2.32. The summed E-state index contributed by atoms with van der Waals surface area (Å²) >= 11 is 3.26. The van der Waals surface area contributed by atoms with Gasteiger partial charge < -0.3 is 10.1 Å². The summed E-state index contributed by atoms with van der Waals surface area (Å²) in [5.74, 6) is 0. The molecule has 1 rings (SSSR count). The highest BCUT2D eigenvalue weighted by molar-refractivity contribution is 9.10. The van der Waals surface area contributed by atoms with Gasteiger partial charge in [0, 0.05) is 36.8 Å². The van der Waals surface area contributed by atoms with Crippen LogP contribution in [-0.2, 0) is 11.3 Å². The Morgan fingerprint density at radius 3 is 2.82 bits per heavy atom. The second-order valence-electron chi connectivity index (χ2n) is 3.75. The van der Waals surface area contributed by atoms with Gasteiger partial charge in [0.2, 0.25) is 0 Å². The second kappa shape index (κ2) is 6.68. The van der Waals surface area contributed by atoms with Gasteiger partial charge in [-0.1, -0.05) is 15.9 Å². The Labute approximate surface area is 108 Å². The molecule has 0 bridgehead atoms. The van der Waals surface area contributed by atoms with Crippen molar-refractivity contribution in [3.05, 3.63) is 38.3 Å². The molecule has 1 aromatic carbocycles. The summed E-state index contributed by atoms with van der Waals surface area (Å²) in [6.45, 7) is 3.24. The molecular formula is C11H15BrN2O3. The number of nitro benzene ring substituents is 1. The summed E-state index contributed by atoms with van der Waals surface area (Å²) in [6, 6.07) is 4.91. The maximum absolute atomic E-state index is 10.7. The summed E-state index contributed by atoms with van der Waals surface area (Å²) in [5, 5.41) is 13.9. The lowest BCUT2D eigenvalue weighted by Crippen LogP contribution is -2.25. The van der Waals surface area contributed by atoms with Crippen molar-refractivity contribution < 1.29 is 9.66 Å². The Hall–Kier alpha value is -0.980. The Kier molecular flexibility index (Phi) is 5.54. The molecule has 0 radical (unpaired) electrons. The topological polar surface area (TPSA) is 64.4 Å². The molecule has 94 valence electrons. The smallest absolute Gasteiger partial charge is 0.270 e. The first-order valence-electron chi connectivity index (χ1n) is 5.20. The molecule has 0 aliphatic carbocycles. The third kappa shape index (κ3) is 4.80. The zero-order valence-electron chi connectivity index (χ0n) is 9.77. The number of non-ortho nitro benzene ring substituents is 1. The van der Waals surface area contributed by atoms with Gasteiger partial charge in [-0.15, -0.1) is 0 Å². The molecule has 17 heavy (non-hydrogen) atoms. The predicted molar refractivity (Wildman–Crippen MR) is 69.0 cm³/mol. The van der Waals surface area contributed by atoms with E-state index in [-0.39, 0.29) is 11.8 Å². The van der Waals surface area contributed by atoms with Crippen molar-refractivity contribution in [3.8, 4) is 0 Å². The molecular weight excluding hydrogens is 288 g/mol. The number of methoxy groups -OCH3 is 1. The van der Waals surface area contributed by atoms with Crippen LogP contribution in [0.4, 0.5) is 5.69 Å². The van der Waals surface area contributed by atoms with E-state index in [1.165, 1.54) is 6.07 Å². The van der Waals surface area contributed by atoms with Crippen molar-refractivity contribution in [2.75, 3.05) is 13.7 Å². The maximum atomic E-state index is 10.7. The number of hydrogen-bond acceptors (Lipinski definition) is 4. The van der Waals surface area contributed by atoms with Crippen LogP contribution in [0.25, 0.3) is 0 Å². The summed E-state index contributed by atoms with van der Waals surface area (Å²) in [6.07, 6.45) is 0.122. The van der Waals surface area contributed by atoms with Crippen molar-refractivity contribution in [3.63, 3.8) is 0 Å². The van der Waals surface area contributed by atoms with Crippen LogP contribution in [0.15, 0.2) is 22.7 Å². The fraction of sp³-hybridized carbons (Fsp3) is 0.455. The summed E-state index contributed by atoms with van der Waals surface area (Å²) in [7, 11) is 1.65. The van der Waals surface area contributed by atoms with E-state index < -0.39 is 4.92 Å².